The molecule has 1 aliphatic rings. The Labute approximate surface area is 174 Å². The normalized spacial score (nSPS) is 18.6. The lowest BCUT2D eigenvalue weighted by molar-refractivity contribution is -0.139. The number of nitrogens with one attached hydrogen (secondary N) is 2. The summed E-state index contributed by atoms with van der Waals surface area (Å²) in [7, 11) is 1.72. The van der Waals surface area contributed by atoms with E-state index >= 15 is 0 Å². The molecule has 2 aromatic carbocycles. The number of carbonyl (C=O) groups is 3. The number of amides is 4. The number of benzene rings is 2. The van der Waals surface area contributed by atoms with Gasteiger partial charge in [0.25, 0.3) is 11.8 Å². The van der Waals surface area contributed by atoms with E-state index < -0.39 is 23.4 Å². The Morgan fingerprint density at radius 2 is 1.77 bits per heavy atom. The molecule has 8 heteroatoms. The first-order chi connectivity index (χ1) is 14.3. The van der Waals surface area contributed by atoms with E-state index in [1.54, 1.807) is 31.0 Å². The van der Waals surface area contributed by atoms with E-state index in [1.165, 1.54) is 12.1 Å². The summed E-state index contributed by atoms with van der Waals surface area (Å²) in [5, 5.41) is 3.43. The molecule has 30 heavy (non-hydrogen) atoms. The molecule has 0 aromatic heterocycles. The maximum absolute atomic E-state index is 13.0. The number of imide groups is 1. The first-order valence-electron chi connectivity index (χ1n) is 9.70. The Morgan fingerprint density at radius 1 is 1.10 bits per heavy atom. The highest BCUT2D eigenvalue weighted by Crippen LogP contribution is 2.22. The first-order valence-corrected chi connectivity index (χ1v) is 9.70. The predicted molar refractivity (Wildman–Crippen MR) is 109 cm³/mol. The zero-order chi connectivity index (χ0) is 21.7. The van der Waals surface area contributed by atoms with Crippen molar-refractivity contribution < 1.29 is 18.8 Å². The van der Waals surface area contributed by atoms with E-state index in [4.69, 9.17) is 0 Å². The molecular formula is C22H25FN4O3. The monoisotopic (exact) mass is 412 g/mol. The fourth-order valence-corrected chi connectivity index (χ4v) is 3.36. The zero-order valence-electron chi connectivity index (χ0n) is 17.0. The van der Waals surface area contributed by atoms with E-state index in [2.05, 4.69) is 10.7 Å². The smallest absolute Gasteiger partial charge is 0.322 e. The number of nitrogens with zero attached hydrogens (tertiary/aromatic N) is 2. The second-order valence-electron chi connectivity index (χ2n) is 7.72. The van der Waals surface area contributed by atoms with E-state index in [1.807, 2.05) is 30.3 Å². The van der Waals surface area contributed by atoms with Crippen LogP contribution in [0, 0.1) is 5.82 Å². The standard InChI is InChI=1S/C22H25FN4O3/c1-22(13-12-16-6-4-3-5-7-16)20(29)27(21(30)24-22)25-19(28)15-26(2)14-17-8-10-18(23)11-9-17/h3-11H,12-15H2,1-2H3,(H,24,30)(H,25,28). The predicted octanol–water partition coefficient (Wildman–Crippen LogP) is 2.23. The largest absolute Gasteiger partial charge is 0.344 e. The summed E-state index contributed by atoms with van der Waals surface area (Å²) in [6, 6.07) is 15.0. The van der Waals surface area contributed by atoms with Crippen LogP contribution in [0.1, 0.15) is 24.5 Å². The molecule has 0 saturated carbocycles. The van der Waals surface area contributed by atoms with Crippen molar-refractivity contribution in [1.29, 1.82) is 0 Å². The minimum absolute atomic E-state index is 0.0326. The van der Waals surface area contributed by atoms with Gasteiger partial charge in [-0.3, -0.25) is 19.9 Å². The minimum atomic E-state index is -1.08. The van der Waals surface area contributed by atoms with Gasteiger partial charge >= 0.3 is 6.03 Å². The summed E-state index contributed by atoms with van der Waals surface area (Å²) in [6.45, 7) is 2.04. The number of urea groups is 1. The molecule has 1 fully saturated rings. The molecule has 1 heterocycles. The van der Waals surface area contributed by atoms with Gasteiger partial charge in [-0.1, -0.05) is 42.5 Å². The third-order valence-corrected chi connectivity index (χ3v) is 5.03. The molecule has 0 aliphatic carbocycles. The summed E-state index contributed by atoms with van der Waals surface area (Å²) >= 11 is 0. The number of hydrogen-bond acceptors (Lipinski definition) is 4. The molecule has 158 valence electrons. The van der Waals surface area contributed by atoms with Crippen molar-refractivity contribution in [3.05, 3.63) is 71.5 Å². The molecule has 1 atom stereocenters. The summed E-state index contributed by atoms with van der Waals surface area (Å²) < 4.78 is 13.0. The van der Waals surface area contributed by atoms with Gasteiger partial charge in [-0.05, 0) is 50.1 Å². The van der Waals surface area contributed by atoms with Crippen LogP contribution in [-0.2, 0) is 22.6 Å². The maximum Gasteiger partial charge on any atom is 0.344 e. The molecule has 2 N–H and O–H groups in total. The highest BCUT2D eigenvalue weighted by Gasteiger charge is 2.48. The highest BCUT2D eigenvalue weighted by molar-refractivity contribution is 6.07. The highest BCUT2D eigenvalue weighted by atomic mass is 19.1. The van der Waals surface area contributed by atoms with Gasteiger partial charge in [0.2, 0.25) is 0 Å². The number of aryl methyl sites for hydroxylation is 1. The first kappa shape index (κ1) is 21.4. The lowest BCUT2D eigenvalue weighted by Crippen LogP contribution is -2.51. The van der Waals surface area contributed by atoms with E-state index in [-0.39, 0.29) is 12.4 Å². The number of halogens is 1. The Bertz CT molecular complexity index is 920. The quantitative estimate of drug-likeness (QED) is 0.652. The Balaban J connectivity index is 1.53. The SMILES string of the molecule is CN(CC(=O)NN1C(=O)NC(C)(CCc2ccccc2)C1=O)Cc1ccc(F)cc1. The summed E-state index contributed by atoms with van der Waals surface area (Å²) in [5.41, 5.74) is 3.21. The molecule has 3 rings (SSSR count). The molecule has 0 spiro atoms. The van der Waals surface area contributed by atoms with Gasteiger partial charge in [0.15, 0.2) is 0 Å². The van der Waals surface area contributed by atoms with Crippen molar-refractivity contribution in [1.82, 2.24) is 20.7 Å². The van der Waals surface area contributed by atoms with E-state index in [0.29, 0.717) is 19.4 Å². The second kappa shape index (κ2) is 9.04. The fourth-order valence-electron chi connectivity index (χ4n) is 3.36. The fraction of sp³-hybridized carbons (Fsp3) is 0.318. The van der Waals surface area contributed by atoms with Gasteiger partial charge in [0.1, 0.15) is 11.4 Å². The van der Waals surface area contributed by atoms with Crippen LogP contribution in [0.3, 0.4) is 0 Å². The number of carbonyl (C=O) groups excluding carboxylic acids is 3. The van der Waals surface area contributed by atoms with Crippen molar-refractivity contribution in [3.63, 3.8) is 0 Å². The van der Waals surface area contributed by atoms with Crippen LogP contribution in [-0.4, -0.2) is 46.9 Å². The summed E-state index contributed by atoms with van der Waals surface area (Å²) in [5.74, 6) is -1.30. The van der Waals surface area contributed by atoms with Crippen LogP contribution < -0.4 is 10.7 Å². The maximum atomic E-state index is 13.0. The molecule has 1 aliphatic heterocycles. The average molecular weight is 412 g/mol. The molecule has 2 aromatic rings. The summed E-state index contributed by atoms with van der Waals surface area (Å²) in [6.07, 6.45) is 1.03. The van der Waals surface area contributed by atoms with Crippen molar-refractivity contribution in [2.24, 2.45) is 0 Å². The van der Waals surface area contributed by atoms with Crippen molar-refractivity contribution >= 4 is 17.8 Å². The molecule has 1 saturated heterocycles. The van der Waals surface area contributed by atoms with Gasteiger partial charge in [-0.15, -0.1) is 0 Å². The van der Waals surface area contributed by atoms with Crippen molar-refractivity contribution in [2.75, 3.05) is 13.6 Å². The molecule has 1 unspecified atom stereocenters. The van der Waals surface area contributed by atoms with Crippen LogP contribution in [0.15, 0.2) is 54.6 Å². The lowest BCUT2D eigenvalue weighted by atomic mass is 9.93. The molecule has 0 radical (unpaired) electrons. The summed E-state index contributed by atoms with van der Waals surface area (Å²) in [4.78, 5) is 39.1. The topological polar surface area (TPSA) is 81.8 Å². The van der Waals surface area contributed by atoms with Gasteiger partial charge in [-0.2, -0.15) is 5.01 Å². The van der Waals surface area contributed by atoms with Crippen LogP contribution in [0.4, 0.5) is 9.18 Å². The molecule has 0 bridgehead atoms. The van der Waals surface area contributed by atoms with Crippen LogP contribution in [0.2, 0.25) is 0 Å². The molecule has 7 nitrogen and oxygen atoms in total. The Morgan fingerprint density at radius 3 is 2.43 bits per heavy atom. The third kappa shape index (κ3) is 5.21. The minimum Gasteiger partial charge on any atom is -0.322 e. The molecule has 4 amide bonds. The Kier molecular flexibility index (Phi) is 6.47. The lowest BCUT2D eigenvalue weighted by Gasteiger charge is -2.22. The van der Waals surface area contributed by atoms with Crippen LogP contribution in [0.5, 0.6) is 0 Å². The third-order valence-electron chi connectivity index (χ3n) is 5.03. The van der Waals surface area contributed by atoms with Gasteiger partial charge in [0.05, 0.1) is 6.54 Å². The number of likely N-dealkylation sites (N-methyl/N-ethyl adjacent to an activating group) is 1. The van der Waals surface area contributed by atoms with E-state index in [0.717, 1.165) is 16.1 Å². The second-order valence-corrected chi connectivity index (χ2v) is 7.72. The van der Waals surface area contributed by atoms with Crippen LogP contribution >= 0.6 is 0 Å². The number of hydrazine groups is 1. The Hall–Kier alpha value is -3.26. The van der Waals surface area contributed by atoms with Gasteiger partial charge in [-0.25, -0.2) is 9.18 Å². The van der Waals surface area contributed by atoms with Gasteiger partial charge < -0.3 is 5.32 Å². The average Bonchev–Trinajstić information content (AvgIpc) is 2.92. The van der Waals surface area contributed by atoms with Crippen molar-refractivity contribution in [2.45, 2.75) is 31.8 Å². The van der Waals surface area contributed by atoms with Gasteiger partial charge in [0, 0.05) is 6.54 Å². The van der Waals surface area contributed by atoms with Crippen molar-refractivity contribution in [3.8, 4) is 0 Å². The van der Waals surface area contributed by atoms with Crippen LogP contribution in [0.25, 0.3) is 0 Å². The zero-order valence-corrected chi connectivity index (χ0v) is 17.0. The number of hydrogen-bond donors (Lipinski definition) is 2. The number of rotatable bonds is 8. The molecular weight excluding hydrogens is 387 g/mol. The van der Waals surface area contributed by atoms with E-state index in [9.17, 15) is 18.8 Å².